The number of anilines is 2. The van der Waals surface area contributed by atoms with Gasteiger partial charge in [0.15, 0.2) is 35.3 Å². The maximum atomic E-state index is 13.9. The number of ether oxygens (including phenoxy) is 3. The number of imidazole rings is 2. The van der Waals surface area contributed by atoms with E-state index in [0.29, 0.717) is 24.1 Å². The molecule has 51 heavy (non-hydrogen) atoms. The molecule has 276 valence electrons. The van der Waals surface area contributed by atoms with E-state index in [1.165, 1.54) is 29.9 Å². The number of hydrogen-bond acceptors (Lipinski definition) is 19. The van der Waals surface area contributed by atoms with Crippen LogP contribution >= 0.6 is 38.1 Å². The SMILES string of the molecule is CNCCCC(=O)O[C@@H]1[C@@H]2O[P@](=O)(S)OC[C@H]3O[C@@H](n4cnc5c(N)ncnc54)[C@H](C)[C@@H]3O[P@](=O)(S)OC[C@H]2O[C@H]1n1cnc2c(N)ncnc21. The molecule has 0 unspecified atom stereocenters. The first-order chi connectivity index (χ1) is 24.4. The largest absolute Gasteiger partial charge is 0.455 e. The third-order valence-electron chi connectivity index (χ3n) is 8.65. The summed E-state index contributed by atoms with van der Waals surface area (Å²) in [7, 11) is 1.76. The van der Waals surface area contributed by atoms with Crippen LogP contribution in [-0.2, 0) is 46.2 Å². The van der Waals surface area contributed by atoms with Gasteiger partial charge in [0.05, 0.1) is 25.9 Å². The Balaban J connectivity index is 1.19. The molecule has 3 aliphatic heterocycles. The minimum Gasteiger partial charge on any atom is -0.455 e. The van der Waals surface area contributed by atoms with Gasteiger partial charge in [0, 0.05) is 12.3 Å². The highest BCUT2D eigenvalue weighted by Gasteiger charge is 2.54. The summed E-state index contributed by atoms with van der Waals surface area (Å²) in [4.78, 5) is 38.2. The molecule has 3 saturated heterocycles. The molecule has 7 heterocycles. The summed E-state index contributed by atoms with van der Waals surface area (Å²) in [6.45, 7) is -7.02. The second-order valence-corrected chi connectivity index (χ2v) is 17.7. The van der Waals surface area contributed by atoms with E-state index < -0.39 is 81.7 Å². The molecule has 0 bridgehead atoms. The Bertz CT molecular complexity index is 2020. The van der Waals surface area contributed by atoms with Gasteiger partial charge in [0.1, 0.15) is 54.3 Å². The number of esters is 1. The van der Waals surface area contributed by atoms with Gasteiger partial charge in [-0.25, -0.2) is 39.0 Å². The molecule has 25 heteroatoms. The molecule has 10 atom stereocenters. The molecule has 0 aromatic carbocycles. The number of carbonyl (C=O) groups is 1. The van der Waals surface area contributed by atoms with Crippen LogP contribution in [0.4, 0.5) is 11.6 Å². The topological polar surface area (TPSA) is 267 Å². The third-order valence-corrected chi connectivity index (χ3v) is 11.9. The van der Waals surface area contributed by atoms with Crippen molar-refractivity contribution in [2.24, 2.45) is 5.92 Å². The lowest BCUT2D eigenvalue weighted by Gasteiger charge is -2.30. The maximum Gasteiger partial charge on any atom is 0.386 e. The highest BCUT2D eigenvalue weighted by atomic mass is 32.7. The van der Waals surface area contributed by atoms with E-state index in [1.807, 2.05) is 0 Å². The van der Waals surface area contributed by atoms with Crippen LogP contribution in [0.1, 0.15) is 32.2 Å². The van der Waals surface area contributed by atoms with Gasteiger partial charge in [-0.15, -0.1) is 0 Å². The van der Waals surface area contributed by atoms with Crippen LogP contribution in [0.5, 0.6) is 0 Å². The monoisotopic (exact) mass is 787 g/mol. The summed E-state index contributed by atoms with van der Waals surface area (Å²) in [6.07, 6.45) is -1.82. The van der Waals surface area contributed by atoms with Crippen LogP contribution in [-0.4, -0.2) is 102 Å². The predicted molar refractivity (Wildman–Crippen MR) is 184 cm³/mol. The van der Waals surface area contributed by atoms with Crippen molar-refractivity contribution in [2.75, 3.05) is 38.3 Å². The van der Waals surface area contributed by atoms with Crippen molar-refractivity contribution in [3.05, 3.63) is 25.3 Å². The van der Waals surface area contributed by atoms with Crippen molar-refractivity contribution in [1.82, 2.24) is 44.4 Å². The van der Waals surface area contributed by atoms with Crippen molar-refractivity contribution >= 4 is 78.0 Å². The molecule has 0 aliphatic carbocycles. The number of nitrogen functional groups attached to an aromatic ring is 2. The van der Waals surface area contributed by atoms with Crippen LogP contribution in [0, 0.1) is 5.92 Å². The molecular weight excluding hydrogens is 752 g/mol. The van der Waals surface area contributed by atoms with E-state index in [4.69, 9.17) is 43.8 Å². The normalized spacial score (nSPS) is 34.5. The Labute approximate surface area is 300 Å². The van der Waals surface area contributed by atoms with Crippen LogP contribution in [0.25, 0.3) is 22.3 Å². The van der Waals surface area contributed by atoms with Gasteiger partial charge in [0.2, 0.25) is 0 Å². The van der Waals surface area contributed by atoms with Crippen LogP contribution < -0.4 is 16.8 Å². The lowest BCUT2D eigenvalue weighted by molar-refractivity contribution is -0.158. The lowest BCUT2D eigenvalue weighted by Crippen LogP contribution is -2.39. The quantitative estimate of drug-likeness (QED) is 0.0776. The highest BCUT2D eigenvalue weighted by Crippen LogP contribution is 2.61. The summed E-state index contributed by atoms with van der Waals surface area (Å²) in [5, 5.41) is 2.97. The van der Waals surface area contributed by atoms with Crippen LogP contribution in [0.2, 0.25) is 0 Å². The van der Waals surface area contributed by atoms with E-state index in [1.54, 1.807) is 18.5 Å². The zero-order chi connectivity index (χ0) is 36.1. The van der Waals surface area contributed by atoms with Crippen molar-refractivity contribution in [3.63, 3.8) is 0 Å². The van der Waals surface area contributed by atoms with Gasteiger partial charge >= 0.3 is 19.6 Å². The van der Waals surface area contributed by atoms with E-state index in [0.717, 1.165) is 0 Å². The summed E-state index contributed by atoms with van der Waals surface area (Å²) in [5.74, 6) is -0.853. The summed E-state index contributed by atoms with van der Waals surface area (Å²) >= 11 is 8.53. The van der Waals surface area contributed by atoms with Crippen molar-refractivity contribution in [2.45, 2.75) is 62.7 Å². The van der Waals surface area contributed by atoms with Crippen LogP contribution in [0.3, 0.4) is 0 Å². The van der Waals surface area contributed by atoms with Gasteiger partial charge < -0.3 is 31.0 Å². The molecular formula is C26H35N11O10P2S2. The average molecular weight is 788 g/mol. The Hall–Kier alpha value is -2.95. The summed E-state index contributed by atoms with van der Waals surface area (Å²) < 4.78 is 72.9. The Kier molecular flexibility index (Phi) is 10.3. The standard InChI is InChI=1S/C26H35N11O10P2S2/c1-12-18-13(43-25(12)36-10-34-16-21(27)30-8-32-23(16)36)6-41-49(40,51)47-19-14(7-42-48(39,50)46-18)44-26(20(19)45-15(38)4-3-5-29-2)37-11-35-17-22(28)31-9-33-24(17)37/h8-14,18-20,25-26,29H,3-7H2,1-2H3,(H,39,50)(H,40,51)(H2,27,30,32)(H2,28,31,33)/t12-,13-,14-,18+,19-,20-,25-,26-,48-,49-/m1/s1. The second-order valence-electron chi connectivity index (χ2n) is 12.0. The number of thiol groups is 2. The fraction of sp³-hybridized carbons (Fsp3) is 0.577. The molecule has 3 fully saturated rings. The molecule has 0 radical (unpaired) electrons. The Morgan fingerprint density at radius 3 is 2.00 bits per heavy atom. The molecule has 0 spiro atoms. The maximum absolute atomic E-state index is 13.9. The molecule has 7 rings (SSSR count). The number of nitrogens with one attached hydrogen (secondary N) is 1. The number of rotatable bonds is 7. The second kappa shape index (κ2) is 14.5. The number of hydrogen-bond donors (Lipinski definition) is 5. The molecule has 3 aliphatic rings. The zero-order valence-electron chi connectivity index (χ0n) is 27.1. The summed E-state index contributed by atoms with van der Waals surface area (Å²) in [5.41, 5.74) is 13.2. The fourth-order valence-electron chi connectivity index (χ4n) is 6.25. The van der Waals surface area contributed by atoms with Crippen LogP contribution in [0.15, 0.2) is 25.3 Å². The van der Waals surface area contributed by atoms with Gasteiger partial charge in [-0.1, -0.05) is 31.4 Å². The molecule has 4 aromatic heterocycles. The third kappa shape index (κ3) is 7.34. The van der Waals surface area contributed by atoms with E-state index in [2.05, 4.69) is 59.7 Å². The van der Waals surface area contributed by atoms with E-state index >= 15 is 0 Å². The first-order valence-electron chi connectivity index (χ1n) is 15.7. The molecule has 0 amide bonds. The molecule has 4 aromatic rings. The van der Waals surface area contributed by atoms with E-state index in [-0.39, 0.29) is 29.2 Å². The van der Waals surface area contributed by atoms with Gasteiger partial charge in [0.25, 0.3) is 0 Å². The van der Waals surface area contributed by atoms with Crippen molar-refractivity contribution < 1.29 is 46.2 Å². The lowest BCUT2D eigenvalue weighted by atomic mass is 10.0. The first-order valence-corrected chi connectivity index (χ1v) is 21.1. The Morgan fingerprint density at radius 1 is 0.882 bits per heavy atom. The smallest absolute Gasteiger partial charge is 0.386 e. The highest BCUT2D eigenvalue weighted by molar-refractivity contribution is 8.44. The number of fused-ring (bicyclic) bond motifs is 4. The molecule has 5 N–H and O–H groups in total. The number of aromatic nitrogens is 8. The van der Waals surface area contributed by atoms with Crippen molar-refractivity contribution in [3.8, 4) is 0 Å². The first kappa shape index (κ1) is 36.4. The average Bonchev–Trinajstić information content (AvgIpc) is 3.85. The predicted octanol–water partition coefficient (Wildman–Crippen LogP) is 2.07. The zero-order valence-corrected chi connectivity index (χ0v) is 30.6. The minimum absolute atomic E-state index is 0.0387. The number of carbonyl (C=O) groups excluding carboxylic acids is 1. The minimum atomic E-state index is -4.29. The van der Waals surface area contributed by atoms with Gasteiger partial charge in [-0.2, -0.15) is 0 Å². The van der Waals surface area contributed by atoms with E-state index in [9.17, 15) is 13.9 Å². The fourth-order valence-corrected chi connectivity index (χ4v) is 9.30. The number of nitrogens with two attached hydrogens (primary N) is 2. The van der Waals surface area contributed by atoms with Gasteiger partial charge in [-0.05, 0) is 20.0 Å². The summed E-state index contributed by atoms with van der Waals surface area (Å²) in [6, 6.07) is 0. The molecule has 21 nitrogen and oxygen atoms in total. The van der Waals surface area contributed by atoms with Gasteiger partial charge in [-0.3, -0.25) is 32.0 Å². The van der Waals surface area contributed by atoms with Crippen molar-refractivity contribution in [1.29, 1.82) is 0 Å². The Morgan fingerprint density at radius 2 is 1.41 bits per heavy atom. The molecule has 0 saturated carbocycles. The number of nitrogens with zero attached hydrogens (tertiary/aromatic N) is 8.